The summed E-state index contributed by atoms with van der Waals surface area (Å²) in [6, 6.07) is 9.30. The highest BCUT2D eigenvalue weighted by Gasteiger charge is 2.36. The Morgan fingerprint density at radius 2 is 2.09 bits per heavy atom. The summed E-state index contributed by atoms with van der Waals surface area (Å²) in [6.07, 6.45) is 0. The van der Waals surface area contributed by atoms with E-state index in [9.17, 15) is 9.59 Å². The third-order valence-corrected chi connectivity index (χ3v) is 4.59. The standard InChI is InChI=1S/C15H15N3O3S/c1-9-17-11(12(21-9)10-5-3-2-4-6-10)14(20)18-7-8-22-15(18)13(16)19/h2-6,15H,7-8H2,1H3,(H2,16,19). The van der Waals surface area contributed by atoms with Gasteiger partial charge in [0.05, 0.1) is 0 Å². The van der Waals surface area contributed by atoms with Gasteiger partial charge in [-0.2, -0.15) is 0 Å². The van der Waals surface area contributed by atoms with Crippen LogP contribution in [0.2, 0.25) is 0 Å². The number of aryl methyl sites for hydroxylation is 1. The van der Waals surface area contributed by atoms with Crippen LogP contribution in [0.5, 0.6) is 0 Å². The highest BCUT2D eigenvalue weighted by molar-refractivity contribution is 8.00. The molecule has 0 saturated carbocycles. The number of oxazole rings is 1. The lowest BCUT2D eigenvalue weighted by Crippen LogP contribution is -2.42. The molecule has 1 atom stereocenters. The SMILES string of the molecule is Cc1nc(C(=O)N2CCSC2C(N)=O)c(-c2ccccc2)o1. The van der Waals surface area contributed by atoms with Crippen molar-refractivity contribution < 1.29 is 14.0 Å². The first-order valence-corrected chi connectivity index (χ1v) is 7.87. The van der Waals surface area contributed by atoms with Gasteiger partial charge in [0.2, 0.25) is 0 Å². The Morgan fingerprint density at radius 1 is 1.36 bits per heavy atom. The molecule has 2 heterocycles. The van der Waals surface area contributed by atoms with E-state index >= 15 is 0 Å². The van der Waals surface area contributed by atoms with E-state index in [1.54, 1.807) is 6.92 Å². The number of carbonyl (C=O) groups excluding carboxylic acids is 2. The summed E-state index contributed by atoms with van der Waals surface area (Å²) < 4.78 is 5.60. The zero-order chi connectivity index (χ0) is 15.7. The number of nitrogens with zero attached hydrogens (tertiary/aromatic N) is 2. The Bertz CT molecular complexity index is 714. The fourth-order valence-corrected chi connectivity index (χ4v) is 3.48. The van der Waals surface area contributed by atoms with Gasteiger partial charge < -0.3 is 15.1 Å². The van der Waals surface area contributed by atoms with Crippen LogP contribution in [0.25, 0.3) is 11.3 Å². The number of hydrogen-bond acceptors (Lipinski definition) is 5. The van der Waals surface area contributed by atoms with Crippen LogP contribution < -0.4 is 5.73 Å². The third-order valence-electron chi connectivity index (χ3n) is 3.37. The Balaban J connectivity index is 1.98. The number of rotatable bonds is 3. The van der Waals surface area contributed by atoms with Crippen molar-refractivity contribution in [2.75, 3.05) is 12.3 Å². The average Bonchev–Trinajstić information content (AvgIpc) is 3.14. The van der Waals surface area contributed by atoms with Crippen LogP contribution in [-0.4, -0.2) is 39.4 Å². The molecule has 0 bridgehead atoms. The number of aromatic nitrogens is 1. The molecule has 1 aromatic heterocycles. The fourth-order valence-electron chi connectivity index (χ4n) is 2.41. The molecular formula is C15H15N3O3S. The summed E-state index contributed by atoms with van der Waals surface area (Å²) in [5, 5.41) is -0.645. The first kappa shape index (κ1) is 14.6. The Labute approximate surface area is 131 Å². The van der Waals surface area contributed by atoms with Crippen LogP contribution in [0.3, 0.4) is 0 Å². The van der Waals surface area contributed by atoms with Crippen molar-refractivity contribution in [3.8, 4) is 11.3 Å². The fraction of sp³-hybridized carbons (Fsp3) is 0.267. The maximum Gasteiger partial charge on any atom is 0.277 e. The zero-order valence-corrected chi connectivity index (χ0v) is 12.8. The normalized spacial score (nSPS) is 17.7. The summed E-state index contributed by atoms with van der Waals surface area (Å²) in [5.74, 6) is 0.659. The minimum Gasteiger partial charge on any atom is -0.440 e. The van der Waals surface area contributed by atoms with Crippen molar-refractivity contribution in [1.29, 1.82) is 0 Å². The molecule has 1 unspecified atom stereocenters. The van der Waals surface area contributed by atoms with E-state index in [-0.39, 0.29) is 11.6 Å². The number of thioether (sulfide) groups is 1. The highest BCUT2D eigenvalue weighted by atomic mass is 32.2. The van der Waals surface area contributed by atoms with E-state index in [0.29, 0.717) is 23.9 Å². The minimum absolute atomic E-state index is 0.220. The molecule has 114 valence electrons. The van der Waals surface area contributed by atoms with Crippen LogP contribution >= 0.6 is 11.8 Å². The molecular weight excluding hydrogens is 302 g/mol. The van der Waals surface area contributed by atoms with Gasteiger partial charge in [-0.05, 0) is 0 Å². The van der Waals surface area contributed by atoms with Gasteiger partial charge in [0.15, 0.2) is 22.7 Å². The highest BCUT2D eigenvalue weighted by Crippen LogP contribution is 2.30. The van der Waals surface area contributed by atoms with Gasteiger partial charge in [-0.1, -0.05) is 30.3 Å². The maximum atomic E-state index is 12.8. The molecule has 1 aromatic carbocycles. The number of nitrogens with two attached hydrogens (primary N) is 1. The molecule has 0 spiro atoms. The van der Waals surface area contributed by atoms with E-state index < -0.39 is 11.3 Å². The van der Waals surface area contributed by atoms with E-state index in [1.807, 2.05) is 30.3 Å². The zero-order valence-electron chi connectivity index (χ0n) is 12.0. The first-order valence-electron chi connectivity index (χ1n) is 6.82. The largest absolute Gasteiger partial charge is 0.440 e. The van der Waals surface area contributed by atoms with Gasteiger partial charge >= 0.3 is 0 Å². The van der Waals surface area contributed by atoms with Gasteiger partial charge in [0.25, 0.3) is 11.8 Å². The van der Waals surface area contributed by atoms with Crippen molar-refractivity contribution in [3.63, 3.8) is 0 Å². The Kier molecular flexibility index (Phi) is 3.89. The summed E-state index contributed by atoms with van der Waals surface area (Å²) >= 11 is 1.36. The summed E-state index contributed by atoms with van der Waals surface area (Å²) in [6.45, 7) is 2.16. The maximum absolute atomic E-state index is 12.8. The second-order valence-electron chi connectivity index (χ2n) is 4.90. The molecule has 1 aliphatic heterocycles. The summed E-state index contributed by atoms with van der Waals surface area (Å²) in [7, 11) is 0. The van der Waals surface area contributed by atoms with E-state index in [1.165, 1.54) is 16.7 Å². The minimum atomic E-state index is -0.645. The van der Waals surface area contributed by atoms with Gasteiger partial charge in [-0.25, -0.2) is 4.98 Å². The number of benzene rings is 1. The smallest absolute Gasteiger partial charge is 0.277 e. The quantitative estimate of drug-likeness (QED) is 0.929. The van der Waals surface area contributed by atoms with Gasteiger partial charge in [-0.3, -0.25) is 9.59 Å². The van der Waals surface area contributed by atoms with Crippen LogP contribution in [-0.2, 0) is 4.79 Å². The number of carbonyl (C=O) groups is 2. The molecule has 6 nitrogen and oxygen atoms in total. The third kappa shape index (κ3) is 2.59. The Hall–Kier alpha value is -2.28. The molecule has 2 amide bonds. The number of primary amides is 1. The molecule has 0 radical (unpaired) electrons. The molecule has 1 fully saturated rings. The molecule has 0 aliphatic carbocycles. The molecule has 7 heteroatoms. The second kappa shape index (κ2) is 5.84. The lowest BCUT2D eigenvalue weighted by molar-refractivity contribution is -0.119. The second-order valence-corrected chi connectivity index (χ2v) is 6.09. The van der Waals surface area contributed by atoms with Crippen molar-refractivity contribution in [2.45, 2.75) is 12.3 Å². The number of amides is 2. The Morgan fingerprint density at radius 3 is 2.77 bits per heavy atom. The lowest BCUT2D eigenvalue weighted by atomic mass is 10.1. The van der Waals surface area contributed by atoms with E-state index in [0.717, 1.165) is 5.56 Å². The van der Waals surface area contributed by atoms with E-state index in [4.69, 9.17) is 10.2 Å². The lowest BCUT2D eigenvalue weighted by Gasteiger charge is -2.20. The average molecular weight is 317 g/mol. The van der Waals surface area contributed by atoms with Crippen LogP contribution in [0, 0.1) is 6.92 Å². The molecule has 2 aromatic rings. The van der Waals surface area contributed by atoms with E-state index in [2.05, 4.69) is 4.98 Å². The molecule has 3 rings (SSSR count). The van der Waals surface area contributed by atoms with Crippen LogP contribution in [0.4, 0.5) is 0 Å². The summed E-state index contributed by atoms with van der Waals surface area (Å²) in [5.41, 5.74) is 6.35. The summed E-state index contributed by atoms with van der Waals surface area (Å²) in [4.78, 5) is 29.9. The monoisotopic (exact) mass is 317 g/mol. The molecule has 1 saturated heterocycles. The van der Waals surface area contributed by atoms with Crippen molar-refractivity contribution in [2.24, 2.45) is 5.73 Å². The topological polar surface area (TPSA) is 89.4 Å². The first-order chi connectivity index (χ1) is 10.6. The molecule has 2 N–H and O–H groups in total. The van der Waals surface area contributed by atoms with Crippen LogP contribution in [0.15, 0.2) is 34.7 Å². The van der Waals surface area contributed by atoms with Crippen molar-refractivity contribution >= 4 is 23.6 Å². The van der Waals surface area contributed by atoms with Gasteiger partial charge in [-0.15, -0.1) is 11.8 Å². The predicted octanol–water partition coefficient (Wildman–Crippen LogP) is 1.65. The van der Waals surface area contributed by atoms with Crippen molar-refractivity contribution in [3.05, 3.63) is 41.9 Å². The molecule has 22 heavy (non-hydrogen) atoms. The predicted molar refractivity (Wildman–Crippen MR) is 83.2 cm³/mol. The number of hydrogen-bond donors (Lipinski definition) is 1. The van der Waals surface area contributed by atoms with Crippen molar-refractivity contribution in [1.82, 2.24) is 9.88 Å². The van der Waals surface area contributed by atoms with Gasteiger partial charge in [0, 0.05) is 24.8 Å². The van der Waals surface area contributed by atoms with Gasteiger partial charge in [0.1, 0.15) is 0 Å². The molecule has 1 aliphatic rings. The van der Waals surface area contributed by atoms with Crippen LogP contribution in [0.1, 0.15) is 16.4 Å².